The number of rotatable bonds is 3. The summed E-state index contributed by atoms with van der Waals surface area (Å²) in [5.41, 5.74) is 6.43. The van der Waals surface area contributed by atoms with Crippen LogP contribution in [0.3, 0.4) is 0 Å². The van der Waals surface area contributed by atoms with Crippen molar-refractivity contribution < 1.29 is 4.79 Å². The number of benzene rings is 1. The van der Waals surface area contributed by atoms with Crippen molar-refractivity contribution in [1.29, 1.82) is 0 Å². The summed E-state index contributed by atoms with van der Waals surface area (Å²) in [6.45, 7) is 1.68. The maximum absolute atomic E-state index is 11.6. The van der Waals surface area contributed by atoms with Crippen molar-refractivity contribution in [2.45, 2.75) is 12.5 Å². The zero-order chi connectivity index (χ0) is 12.3. The molecule has 0 aliphatic carbocycles. The number of nitrogens with zero attached hydrogens (tertiary/aromatic N) is 1. The van der Waals surface area contributed by atoms with E-state index in [2.05, 4.69) is 5.32 Å². The Kier molecular flexibility index (Phi) is 3.86. The summed E-state index contributed by atoms with van der Waals surface area (Å²) < 4.78 is 0. The predicted molar refractivity (Wildman–Crippen MR) is 69.3 cm³/mol. The second-order valence-corrected chi connectivity index (χ2v) is 4.58. The highest BCUT2D eigenvalue weighted by molar-refractivity contribution is 6.33. The highest BCUT2D eigenvalue weighted by Crippen LogP contribution is 2.26. The largest absolute Gasteiger partial charge is 0.359 e. The molecule has 0 saturated carbocycles. The topological polar surface area (TPSA) is 58.4 Å². The average Bonchev–Trinajstić information content (AvgIpc) is 2.29. The lowest BCUT2D eigenvalue weighted by atomic mass is 10.1. The number of anilines is 1. The number of piperazine rings is 1. The lowest BCUT2D eigenvalue weighted by Gasteiger charge is -2.34. The van der Waals surface area contributed by atoms with Crippen molar-refractivity contribution in [2.75, 3.05) is 24.5 Å². The Morgan fingerprint density at radius 2 is 2.24 bits per heavy atom. The number of carbonyl (C=O) groups is 1. The molecule has 1 heterocycles. The highest BCUT2D eigenvalue weighted by atomic mass is 35.5. The standard InChI is InChI=1S/C12H16ClN3O/c13-10-3-1-2-4-11(10)16-7-9(5-6-14)15-12(17)8-16/h1-4,9H,5-8,14H2,(H,15,17). The number of halogens is 1. The summed E-state index contributed by atoms with van der Waals surface area (Å²) in [5.74, 6) is 0.0228. The second kappa shape index (κ2) is 5.38. The van der Waals surface area contributed by atoms with E-state index in [1.807, 2.05) is 29.2 Å². The van der Waals surface area contributed by atoms with Gasteiger partial charge in [-0.3, -0.25) is 4.79 Å². The van der Waals surface area contributed by atoms with E-state index < -0.39 is 0 Å². The van der Waals surface area contributed by atoms with E-state index in [-0.39, 0.29) is 11.9 Å². The summed E-state index contributed by atoms with van der Waals surface area (Å²) >= 11 is 6.13. The molecule has 1 aliphatic heterocycles. The molecule has 92 valence electrons. The van der Waals surface area contributed by atoms with Crippen molar-refractivity contribution in [1.82, 2.24) is 5.32 Å². The van der Waals surface area contributed by atoms with Crippen LogP contribution in [-0.2, 0) is 4.79 Å². The first-order chi connectivity index (χ1) is 8.20. The fourth-order valence-corrected chi connectivity index (χ4v) is 2.33. The number of para-hydroxylation sites is 1. The number of carbonyl (C=O) groups excluding carboxylic acids is 1. The monoisotopic (exact) mass is 253 g/mol. The van der Waals surface area contributed by atoms with E-state index in [4.69, 9.17) is 17.3 Å². The molecule has 2 rings (SSSR count). The van der Waals surface area contributed by atoms with Gasteiger partial charge < -0.3 is 16.0 Å². The molecule has 1 fully saturated rings. The summed E-state index contributed by atoms with van der Waals surface area (Å²) in [6, 6.07) is 7.68. The van der Waals surface area contributed by atoms with Gasteiger partial charge in [0.2, 0.25) is 5.91 Å². The molecule has 1 amide bonds. The Morgan fingerprint density at radius 1 is 1.47 bits per heavy atom. The minimum atomic E-state index is 0.0228. The molecule has 0 aromatic heterocycles. The van der Waals surface area contributed by atoms with Crippen LogP contribution in [0.2, 0.25) is 5.02 Å². The maximum Gasteiger partial charge on any atom is 0.239 e. The van der Waals surface area contributed by atoms with Gasteiger partial charge in [0.05, 0.1) is 17.3 Å². The van der Waals surface area contributed by atoms with Gasteiger partial charge >= 0.3 is 0 Å². The molecule has 1 aromatic rings. The van der Waals surface area contributed by atoms with E-state index in [9.17, 15) is 4.79 Å². The first-order valence-electron chi connectivity index (χ1n) is 5.69. The van der Waals surface area contributed by atoms with E-state index in [1.54, 1.807) is 0 Å². The lowest BCUT2D eigenvalue weighted by molar-refractivity contribution is -0.121. The van der Waals surface area contributed by atoms with E-state index in [0.29, 0.717) is 18.1 Å². The van der Waals surface area contributed by atoms with Gasteiger partial charge in [-0.25, -0.2) is 0 Å². The molecule has 1 saturated heterocycles. The Morgan fingerprint density at radius 3 is 2.94 bits per heavy atom. The first kappa shape index (κ1) is 12.2. The quantitative estimate of drug-likeness (QED) is 0.845. The average molecular weight is 254 g/mol. The molecule has 5 heteroatoms. The van der Waals surface area contributed by atoms with Gasteiger partial charge in [0.1, 0.15) is 0 Å². The van der Waals surface area contributed by atoms with Crippen molar-refractivity contribution >= 4 is 23.2 Å². The van der Waals surface area contributed by atoms with Gasteiger partial charge in [-0.2, -0.15) is 0 Å². The number of nitrogens with two attached hydrogens (primary N) is 1. The van der Waals surface area contributed by atoms with Gasteiger partial charge in [0.25, 0.3) is 0 Å². The smallest absolute Gasteiger partial charge is 0.239 e. The van der Waals surface area contributed by atoms with Crippen molar-refractivity contribution in [3.05, 3.63) is 29.3 Å². The van der Waals surface area contributed by atoms with Crippen LogP contribution in [0.4, 0.5) is 5.69 Å². The predicted octanol–water partition coefficient (Wildman–Crippen LogP) is 0.994. The summed E-state index contributed by atoms with van der Waals surface area (Å²) in [5, 5.41) is 3.61. The van der Waals surface area contributed by atoms with Gasteiger partial charge in [-0.15, -0.1) is 0 Å². The van der Waals surface area contributed by atoms with Gasteiger partial charge in [0, 0.05) is 12.6 Å². The van der Waals surface area contributed by atoms with Gasteiger partial charge in [-0.1, -0.05) is 23.7 Å². The van der Waals surface area contributed by atoms with Crippen LogP contribution in [-0.4, -0.2) is 31.6 Å². The van der Waals surface area contributed by atoms with E-state index in [1.165, 1.54) is 0 Å². The third-order valence-corrected chi connectivity index (χ3v) is 3.17. The zero-order valence-electron chi connectivity index (χ0n) is 9.53. The normalized spacial score (nSPS) is 20.2. The minimum Gasteiger partial charge on any atom is -0.359 e. The number of hydrogen-bond acceptors (Lipinski definition) is 3. The molecule has 1 aromatic carbocycles. The molecular weight excluding hydrogens is 238 g/mol. The SMILES string of the molecule is NCCC1CN(c2ccccc2Cl)CC(=O)N1. The number of amides is 1. The van der Waals surface area contributed by atoms with E-state index >= 15 is 0 Å². The molecule has 0 radical (unpaired) electrons. The third-order valence-electron chi connectivity index (χ3n) is 2.85. The fraction of sp³-hybridized carbons (Fsp3) is 0.417. The maximum atomic E-state index is 11.6. The number of hydrogen-bond donors (Lipinski definition) is 2. The zero-order valence-corrected chi connectivity index (χ0v) is 10.3. The van der Waals surface area contributed by atoms with Gasteiger partial charge in [0.15, 0.2) is 0 Å². The van der Waals surface area contributed by atoms with Crippen LogP contribution in [0.15, 0.2) is 24.3 Å². The first-order valence-corrected chi connectivity index (χ1v) is 6.07. The molecule has 0 spiro atoms. The second-order valence-electron chi connectivity index (χ2n) is 4.17. The summed E-state index contributed by atoms with van der Waals surface area (Å²) in [7, 11) is 0. The van der Waals surface area contributed by atoms with Crippen molar-refractivity contribution in [2.24, 2.45) is 5.73 Å². The summed E-state index contributed by atoms with van der Waals surface area (Å²) in [4.78, 5) is 13.6. The van der Waals surface area contributed by atoms with Crippen LogP contribution >= 0.6 is 11.6 Å². The van der Waals surface area contributed by atoms with Gasteiger partial charge in [-0.05, 0) is 25.1 Å². The lowest BCUT2D eigenvalue weighted by Crippen LogP contribution is -2.54. The Balaban J connectivity index is 2.15. The highest BCUT2D eigenvalue weighted by Gasteiger charge is 2.25. The molecule has 1 atom stereocenters. The molecule has 3 N–H and O–H groups in total. The van der Waals surface area contributed by atoms with Crippen LogP contribution in [0, 0.1) is 0 Å². The Bertz CT molecular complexity index is 410. The minimum absolute atomic E-state index is 0.0228. The molecular formula is C12H16ClN3O. The van der Waals surface area contributed by atoms with Crippen molar-refractivity contribution in [3.8, 4) is 0 Å². The Hall–Kier alpha value is -1.26. The fourth-order valence-electron chi connectivity index (χ4n) is 2.08. The van der Waals surface area contributed by atoms with E-state index in [0.717, 1.165) is 18.7 Å². The summed E-state index contributed by atoms with van der Waals surface area (Å²) in [6.07, 6.45) is 0.784. The van der Waals surface area contributed by atoms with Crippen LogP contribution in [0.25, 0.3) is 0 Å². The molecule has 1 aliphatic rings. The van der Waals surface area contributed by atoms with Crippen molar-refractivity contribution in [3.63, 3.8) is 0 Å². The molecule has 0 bridgehead atoms. The molecule has 17 heavy (non-hydrogen) atoms. The molecule has 1 unspecified atom stereocenters. The third kappa shape index (κ3) is 2.90. The van der Waals surface area contributed by atoms with Crippen LogP contribution in [0.5, 0.6) is 0 Å². The van der Waals surface area contributed by atoms with Crippen LogP contribution < -0.4 is 16.0 Å². The number of nitrogens with one attached hydrogen (secondary N) is 1. The Labute approximate surface area is 106 Å². The van der Waals surface area contributed by atoms with Crippen LogP contribution in [0.1, 0.15) is 6.42 Å². The molecule has 4 nitrogen and oxygen atoms in total.